The number of alkyl halides is 3. The van der Waals surface area contributed by atoms with Crippen LogP contribution in [0.15, 0.2) is 30.5 Å². The van der Waals surface area contributed by atoms with Gasteiger partial charge in [-0.1, -0.05) is 12.1 Å². The van der Waals surface area contributed by atoms with Crippen molar-refractivity contribution in [3.05, 3.63) is 47.7 Å². The van der Waals surface area contributed by atoms with E-state index in [2.05, 4.69) is 15.1 Å². The van der Waals surface area contributed by atoms with Gasteiger partial charge in [0.2, 0.25) is 0 Å². The summed E-state index contributed by atoms with van der Waals surface area (Å²) in [6.45, 7) is 1.77. The van der Waals surface area contributed by atoms with Crippen molar-refractivity contribution in [2.45, 2.75) is 32.3 Å². The van der Waals surface area contributed by atoms with Gasteiger partial charge >= 0.3 is 6.18 Å². The lowest BCUT2D eigenvalue weighted by Gasteiger charge is -2.06. The molecular formula is C18H18F3N5O2. The number of ether oxygens (including phenoxy) is 2. The standard InChI is InChI=1S/C18H18F3N5O2/c1-27-13-5-3-12(4-6-13)9-26-16(23-17(24-26)18(19,20)21)14-10-25-7-2-8-28-11-15(25)22-14/h3-6,10H,2,7-9,11H2,1H3. The molecule has 0 saturated heterocycles. The van der Waals surface area contributed by atoms with Gasteiger partial charge in [0.25, 0.3) is 5.82 Å². The lowest BCUT2D eigenvalue weighted by Crippen LogP contribution is -2.09. The van der Waals surface area contributed by atoms with Crippen molar-refractivity contribution >= 4 is 0 Å². The molecule has 0 spiro atoms. The molecule has 4 rings (SSSR count). The predicted octanol–water partition coefficient (Wildman–Crippen LogP) is 3.14. The maximum atomic E-state index is 13.2. The molecule has 0 fully saturated rings. The molecule has 0 N–H and O–H groups in total. The number of aromatic nitrogens is 5. The third kappa shape index (κ3) is 3.72. The van der Waals surface area contributed by atoms with Gasteiger partial charge < -0.3 is 14.0 Å². The number of fused-ring (bicyclic) bond motifs is 1. The predicted molar refractivity (Wildman–Crippen MR) is 92.6 cm³/mol. The summed E-state index contributed by atoms with van der Waals surface area (Å²) >= 11 is 0. The molecule has 1 aliphatic rings. The molecule has 3 heterocycles. The van der Waals surface area contributed by atoms with Crippen LogP contribution in [0.5, 0.6) is 5.75 Å². The highest BCUT2D eigenvalue weighted by Crippen LogP contribution is 2.29. The molecule has 148 valence electrons. The van der Waals surface area contributed by atoms with E-state index in [4.69, 9.17) is 9.47 Å². The average Bonchev–Trinajstić information content (AvgIpc) is 3.20. The smallest absolute Gasteiger partial charge is 0.453 e. The van der Waals surface area contributed by atoms with Crippen LogP contribution in [0.4, 0.5) is 13.2 Å². The van der Waals surface area contributed by atoms with E-state index in [1.165, 1.54) is 4.68 Å². The molecule has 1 aromatic carbocycles. The first-order chi connectivity index (χ1) is 13.4. The van der Waals surface area contributed by atoms with Crippen molar-refractivity contribution in [3.8, 4) is 17.3 Å². The second-order valence-electron chi connectivity index (χ2n) is 6.40. The van der Waals surface area contributed by atoms with Crippen LogP contribution in [0.25, 0.3) is 11.5 Å². The van der Waals surface area contributed by atoms with Gasteiger partial charge in [-0.15, -0.1) is 5.10 Å². The molecule has 0 aliphatic carbocycles. The SMILES string of the molecule is COc1ccc(Cn2nc(C(F)(F)F)nc2-c2cn3c(n2)COCCC3)cc1. The molecule has 1 aliphatic heterocycles. The van der Waals surface area contributed by atoms with Gasteiger partial charge in [0.05, 0.1) is 13.7 Å². The normalized spacial score (nSPS) is 14.6. The molecule has 0 saturated carbocycles. The van der Waals surface area contributed by atoms with Crippen LogP contribution in [-0.4, -0.2) is 38.0 Å². The molecule has 0 amide bonds. The van der Waals surface area contributed by atoms with Crippen molar-refractivity contribution in [2.75, 3.05) is 13.7 Å². The Labute approximate surface area is 158 Å². The van der Waals surface area contributed by atoms with Crippen LogP contribution >= 0.6 is 0 Å². The number of hydrogen-bond donors (Lipinski definition) is 0. The highest BCUT2D eigenvalue weighted by molar-refractivity contribution is 5.49. The fraction of sp³-hybridized carbons (Fsp3) is 0.389. The van der Waals surface area contributed by atoms with E-state index >= 15 is 0 Å². The minimum absolute atomic E-state index is 0.0729. The van der Waals surface area contributed by atoms with Gasteiger partial charge in [-0.05, 0) is 24.1 Å². The summed E-state index contributed by atoms with van der Waals surface area (Å²) in [4.78, 5) is 8.17. The van der Waals surface area contributed by atoms with E-state index in [0.717, 1.165) is 12.0 Å². The van der Waals surface area contributed by atoms with Gasteiger partial charge in [0.15, 0.2) is 5.82 Å². The molecule has 28 heavy (non-hydrogen) atoms. The summed E-state index contributed by atoms with van der Waals surface area (Å²) in [7, 11) is 1.55. The van der Waals surface area contributed by atoms with Crippen LogP contribution < -0.4 is 4.74 Å². The Morgan fingerprint density at radius 3 is 2.68 bits per heavy atom. The van der Waals surface area contributed by atoms with Crippen LogP contribution in [0.1, 0.15) is 23.6 Å². The third-order valence-corrected chi connectivity index (χ3v) is 4.42. The summed E-state index contributed by atoms with van der Waals surface area (Å²) in [6.07, 6.45) is -2.12. The Bertz CT molecular complexity index is 939. The van der Waals surface area contributed by atoms with Gasteiger partial charge in [-0.2, -0.15) is 13.2 Å². The van der Waals surface area contributed by atoms with E-state index in [-0.39, 0.29) is 12.4 Å². The first-order valence-electron chi connectivity index (χ1n) is 8.73. The van der Waals surface area contributed by atoms with Crippen molar-refractivity contribution in [3.63, 3.8) is 0 Å². The number of imidazole rings is 1. The van der Waals surface area contributed by atoms with Crippen molar-refractivity contribution < 1.29 is 22.6 Å². The van der Waals surface area contributed by atoms with E-state index < -0.39 is 12.0 Å². The number of methoxy groups -OCH3 is 1. The third-order valence-electron chi connectivity index (χ3n) is 4.42. The molecule has 0 bridgehead atoms. The zero-order valence-electron chi connectivity index (χ0n) is 15.1. The first-order valence-corrected chi connectivity index (χ1v) is 8.73. The Balaban J connectivity index is 1.72. The molecule has 7 nitrogen and oxygen atoms in total. The van der Waals surface area contributed by atoms with Crippen molar-refractivity contribution in [1.29, 1.82) is 0 Å². The van der Waals surface area contributed by atoms with Gasteiger partial charge in [0, 0.05) is 19.3 Å². The lowest BCUT2D eigenvalue weighted by atomic mass is 10.2. The largest absolute Gasteiger partial charge is 0.497 e. The van der Waals surface area contributed by atoms with E-state index in [1.807, 2.05) is 4.57 Å². The molecule has 0 unspecified atom stereocenters. The van der Waals surface area contributed by atoms with E-state index in [0.29, 0.717) is 37.0 Å². The Morgan fingerprint density at radius 1 is 1.18 bits per heavy atom. The fourth-order valence-electron chi connectivity index (χ4n) is 3.04. The first kappa shape index (κ1) is 18.5. The summed E-state index contributed by atoms with van der Waals surface area (Å²) in [5.74, 6) is 0.218. The Hall–Kier alpha value is -2.88. The average molecular weight is 393 g/mol. The summed E-state index contributed by atoms with van der Waals surface area (Å²) in [5.41, 5.74) is 1.11. The summed E-state index contributed by atoms with van der Waals surface area (Å²) in [5, 5.41) is 3.69. The van der Waals surface area contributed by atoms with Crippen LogP contribution in [0.3, 0.4) is 0 Å². The molecule has 2 aromatic heterocycles. The summed E-state index contributed by atoms with van der Waals surface area (Å²) in [6, 6.07) is 7.03. The molecule has 3 aromatic rings. The number of halogens is 3. The Kier molecular flexibility index (Phi) is 4.80. The maximum Gasteiger partial charge on any atom is 0.453 e. The zero-order valence-corrected chi connectivity index (χ0v) is 15.1. The molecular weight excluding hydrogens is 375 g/mol. The second-order valence-corrected chi connectivity index (χ2v) is 6.40. The maximum absolute atomic E-state index is 13.2. The van der Waals surface area contributed by atoms with E-state index in [1.54, 1.807) is 37.6 Å². The van der Waals surface area contributed by atoms with Crippen LogP contribution in [0, 0.1) is 0 Å². The van der Waals surface area contributed by atoms with Gasteiger partial charge in [0.1, 0.15) is 23.9 Å². The van der Waals surface area contributed by atoms with Crippen molar-refractivity contribution in [2.24, 2.45) is 0 Å². The van der Waals surface area contributed by atoms with Gasteiger partial charge in [-0.25, -0.2) is 14.6 Å². The fourth-order valence-corrected chi connectivity index (χ4v) is 3.04. The Morgan fingerprint density at radius 2 is 1.96 bits per heavy atom. The lowest BCUT2D eigenvalue weighted by molar-refractivity contribution is -0.144. The molecule has 0 radical (unpaired) electrons. The van der Waals surface area contributed by atoms with E-state index in [9.17, 15) is 13.2 Å². The van der Waals surface area contributed by atoms with Crippen LogP contribution in [0.2, 0.25) is 0 Å². The number of hydrogen-bond acceptors (Lipinski definition) is 5. The number of rotatable bonds is 4. The number of aryl methyl sites for hydroxylation is 1. The quantitative estimate of drug-likeness (QED) is 0.681. The number of nitrogens with zero attached hydrogens (tertiary/aromatic N) is 5. The van der Waals surface area contributed by atoms with Crippen LogP contribution in [-0.2, 0) is 30.6 Å². The zero-order chi connectivity index (χ0) is 19.7. The van der Waals surface area contributed by atoms with Gasteiger partial charge in [-0.3, -0.25) is 0 Å². The monoisotopic (exact) mass is 393 g/mol. The van der Waals surface area contributed by atoms with Crippen molar-refractivity contribution in [1.82, 2.24) is 24.3 Å². The number of benzene rings is 1. The minimum Gasteiger partial charge on any atom is -0.497 e. The molecule has 0 atom stereocenters. The second kappa shape index (κ2) is 7.27. The topological polar surface area (TPSA) is 67.0 Å². The highest BCUT2D eigenvalue weighted by Gasteiger charge is 2.37. The summed E-state index contributed by atoms with van der Waals surface area (Å²) < 4.78 is 53.3. The molecule has 10 heteroatoms. The highest BCUT2D eigenvalue weighted by atomic mass is 19.4. The minimum atomic E-state index is -4.64.